The van der Waals surface area contributed by atoms with Crippen LogP contribution in [0.4, 0.5) is 21.0 Å². The van der Waals surface area contributed by atoms with E-state index in [9.17, 15) is 34.9 Å². The number of thioether (sulfide) groups is 1. The first-order chi connectivity index (χ1) is 14.7. The molecule has 0 aliphatic rings. The second-order valence-electron chi connectivity index (χ2n) is 5.97. The van der Waals surface area contributed by atoms with Gasteiger partial charge in [-0.15, -0.1) is 0 Å². The fourth-order valence-electron chi connectivity index (χ4n) is 2.74. The van der Waals surface area contributed by atoms with E-state index in [2.05, 4.69) is 4.74 Å². The number of benzene rings is 2. The van der Waals surface area contributed by atoms with E-state index in [1.807, 2.05) is 0 Å². The number of ether oxygens (including phenoxy) is 2. The van der Waals surface area contributed by atoms with Crippen LogP contribution in [0.3, 0.4) is 0 Å². The summed E-state index contributed by atoms with van der Waals surface area (Å²) in [6, 6.07) is 10.0. The van der Waals surface area contributed by atoms with Gasteiger partial charge in [0.1, 0.15) is 6.61 Å². The van der Waals surface area contributed by atoms with E-state index in [0.717, 1.165) is 11.8 Å². The predicted octanol–water partition coefficient (Wildman–Crippen LogP) is 3.87. The lowest BCUT2D eigenvalue weighted by molar-refractivity contribution is -0.385. The first kappa shape index (κ1) is 23.4. The first-order valence-corrected chi connectivity index (χ1v) is 9.66. The highest BCUT2D eigenvalue weighted by molar-refractivity contribution is 7.99. The maximum absolute atomic E-state index is 11.5. The third kappa shape index (κ3) is 6.05. The predicted molar refractivity (Wildman–Crippen MR) is 107 cm³/mol. The summed E-state index contributed by atoms with van der Waals surface area (Å²) in [5.41, 5.74) is -1.62. The SMILES string of the molecule is O=C(O)OCCSCC(OC(=O)O)(c1ccc([N+](=O)[O-])cc1)c1ccc([N+](=O)[O-])cc1. The summed E-state index contributed by atoms with van der Waals surface area (Å²) in [6.45, 7) is -0.163. The molecular formula is C18H16N2O10S. The maximum atomic E-state index is 11.5. The molecule has 0 amide bonds. The van der Waals surface area contributed by atoms with Gasteiger partial charge in [0, 0.05) is 46.9 Å². The maximum Gasteiger partial charge on any atom is 0.507 e. The van der Waals surface area contributed by atoms with Crippen molar-refractivity contribution in [1.82, 2.24) is 0 Å². The van der Waals surface area contributed by atoms with Crippen LogP contribution in [0.1, 0.15) is 11.1 Å². The number of carbonyl (C=O) groups is 2. The standard InChI is InChI=1S/C18H16N2O10S/c21-16(22)29-9-10-31-11-18(30-17(23)24,12-1-5-14(6-2-12)19(25)26)13-3-7-15(8-4-13)20(27)28/h1-8H,9-11H2,(H,21,22)(H,23,24). The molecular weight excluding hydrogens is 436 g/mol. The Morgan fingerprint density at radius 3 is 1.68 bits per heavy atom. The monoisotopic (exact) mass is 452 g/mol. The Hall–Kier alpha value is -3.87. The molecule has 0 spiro atoms. The Morgan fingerprint density at radius 1 is 0.871 bits per heavy atom. The number of nitro benzene ring substituents is 2. The zero-order valence-corrected chi connectivity index (χ0v) is 16.5. The average Bonchev–Trinajstić information content (AvgIpc) is 2.72. The van der Waals surface area contributed by atoms with Crippen molar-refractivity contribution >= 4 is 35.4 Å². The number of hydrogen-bond donors (Lipinski definition) is 2. The van der Waals surface area contributed by atoms with E-state index in [0.29, 0.717) is 0 Å². The summed E-state index contributed by atoms with van der Waals surface area (Å²) >= 11 is 1.11. The minimum atomic E-state index is -1.68. The largest absolute Gasteiger partial charge is 0.507 e. The Morgan fingerprint density at radius 2 is 1.32 bits per heavy atom. The minimum Gasteiger partial charge on any atom is -0.450 e. The van der Waals surface area contributed by atoms with E-state index in [-0.39, 0.29) is 40.6 Å². The fourth-order valence-corrected chi connectivity index (χ4v) is 3.76. The molecule has 0 heterocycles. The van der Waals surface area contributed by atoms with Gasteiger partial charge >= 0.3 is 12.3 Å². The first-order valence-electron chi connectivity index (χ1n) is 8.51. The van der Waals surface area contributed by atoms with Gasteiger partial charge < -0.3 is 19.7 Å². The van der Waals surface area contributed by atoms with Gasteiger partial charge in [-0.05, 0) is 24.3 Å². The lowest BCUT2D eigenvalue weighted by Crippen LogP contribution is -2.36. The van der Waals surface area contributed by atoms with Gasteiger partial charge in [0.15, 0.2) is 5.60 Å². The number of nitro groups is 2. The summed E-state index contributed by atoms with van der Waals surface area (Å²) in [5, 5.41) is 39.8. The van der Waals surface area contributed by atoms with Gasteiger partial charge in [-0.1, -0.05) is 0 Å². The molecule has 0 bridgehead atoms. The summed E-state index contributed by atoms with van der Waals surface area (Å²) in [5.74, 6) is 0.106. The van der Waals surface area contributed by atoms with Crippen molar-refractivity contribution in [2.75, 3.05) is 18.1 Å². The van der Waals surface area contributed by atoms with Crippen molar-refractivity contribution in [3.8, 4) is 0 Å². The second-order valence-corrected chi connectivity index (χ2v) is 7.08. The molecule has 2 aromatic carbocycles. The van der Waals surface area contributed by atoms with Gasteiger partial charge in [-0.3, -0.25) is 20.2 Å². The third-order valence-corrected chi connectivity index (χ3v) is 5.17. The molecule has 0 fully saturated rings. The van der Waals surface area contributed by atoms with Crippen LogP contribution in [-0.2, 0) is 15.1 Å². The van der Waals surface area contributed by atoms with Crippen LogP contribution in [0, 0.1) is 20.2 Å². The number of carboxylic acid groups (broad SMARTS) is 2. The summed E-state index contributed by atoms with van der Waals surface area (Å²) in [6.07, 6.45) is -3.10. The fraction of sp³-hybridized carbons (Fsp3) is 0.222. The Bertz CT molecular complexity index is 905. The molecule has 12 nitrogen and oxygen atoms in total. The van der Waals surface area contributed by atoms with Crippen molar-refractivity contribution in [3.05, 3.63) is 79.9 Å². The molecule has 13 heteroatoms. The smallest absolute Gasteiger partial charge is 0.450 e. The summed E-state index contributed by atoms with van der Waals surface area (Å²) < 4.78 is 9.66. The van der Waals surface area contributed by atoms with Crippen molar-refractivity contribution in [2.45, 2.75) is 5.60 Å². The number of hydrogen-bond acceptors (Lipinski definition) is 9. The Balaban J connectivity index is 2.49. The molecule has 0 aromatic heterocycles. The highest BCUT2D eigenvalue weighted by Gasteiger charge is 2.39. The topological polar surface area (TPSA) is 179 Å². The van der Waals surface area contributed by atoms with Crippen LogP contribution in [0.2, 0.25) is 0 Å². The molecule has 0 unspecified atom stereocenters. The third-order valence-electron chi connectivity index (χ3n) is 4.11. The molecule has 2 rings (SSSR count). The minimum absolute atomic E-state index is 0.0576. The summed E-state index contributed by atoms with van der Waals surface area (Å²) in [4.78, 5) is 42.7. The molecule has 0 aliphatic heterocycles. The molecule has 164 valence electrons. The molecule has 2 N–H and O–H groups in total. The Kier molecular flexibility index (Phi) is 7.74. The number of nitrogens with zero attached hydrogens (tertiary/aromatic N) is 2. The van der Waals surface area contributed by atoms with Crippen molar-refractivity contribution in [1.29, 1.82) is 0 Å². The van der Waals surface area contributed by atoms with E-state index in [1.54, 1.807) is 0 Å². The molecule has 0 saturated carbocycles. The van der Waals surface area contributed by atoms with E-state index in [4.69, 9.17) is 9.84 Å². The molecule has 0 atom stereocenters. The van der Waals surface area contributed by atoms with Crippen LogP contribution >= 0.6 is 11.8 Å². The van der Waals surface area contributed by atoms with Crippen molar-refractivity contribution in [2.24, 2.45) is 0 Å². The lowest BCUT2D eigenvalue weighted by atomic mass is 9.87. The highest BCUT2D eigenvalue weighted by atomic mass is 32.2. The van der Waals surface area contributed by atoms with Crippen molar-refractivity contribution in [3.63, 3.8) is 0 Å². The zero-order valence-electron chi connectivity index (χ0n) is 15.7. The molecule has 2 aromatic rings. The zero-order chi connectivity index (χ0) is 23.0. The van der Waals surface area contributed by atoms with Gasteiger partial charge in [0.25, 0.3) is 11.4 Å². The van der Waals surface area contributed by atoms with Gasteiger partial charge in [0.05, 0.1) is 9.85 Å². The Labute approximate surface area is 178 Å². The van der Waals surface area contributed by atoms with Gasteiger partial charge in [-0.2, -0.15) is 11.8 Å². The quantitative estimate of drug-likeness (QED) is 0.231. The van der Waals surface area contributed by atoms with Gasteiger partial charge in [0.2, 0.25) is 0 Å². The molecule has 0 saturated heterocycles. The number of non-ortho nitro benzene ring substituents is 2. The number of rotatable bonds is 10. The molecule has 0 aliphatic carbocycles. The van der Waals surface area contributed by atoms with Crippen LogP contribution in [0.25, 0.3) is 0 Å². The molecule has 31 heavy (non-hydrogen) atoms. The highest BCUT2D eigenvalue weighted by Crippen LogP contribution is 2.38. The van der Waals surface area contributed by atoms with Crippen LogP contribution in [-0.4, -0.2) is 50.5 Å². The van der Waals surface area contributed by atoms with Crippen LogP contribution in [0.5, 0.6) is 0 Å². The van der Waals surface area contributed by atoms with E-state index in [1.165, 1.54) is 48.5 Å². The van der Waals surface area contributed by atoms with Crippen LogP contribution in [0.15, 0.2) is 48.5 Å². The van der Waals surface area contributed by atoms with E-state index >= 15 is 0 Å². The average molecular weight is 452 g/mol. The van der Waals surface area contributed by atoms with Crippen molar-refractivity contribution < 1.29 is 39.1 Å². The second kappa shape index (κ2) is 10.2. The van der Waals surface area contributed by atoms with Crippen LogP contribution < -0.4 is 0 Å². The lowest BCUT2D eigenvalue weighted by Gasteiger charge is -2.33. The van der Waals surface area contributed by atoms with E-state index < -0.39 is 27.8 Å². The van der Waals surface area contributed by atoms with Gasteiger partial charge in [-0.25, -0.2) is 9.59 Å². The summed E-state index contributed by atoms with van der Waals surface area (Å²) in [7, 11) is 0. The molecule has 0 radical (unpaired) electrons. The normalized spacial score (nSPS) is 10.8.